The maximum Gasteiger partial charge on any atom is 0.246 e. The van der Waals surface area contributed by atoms with Gasteiger partial charge in [0.05, 0.1) is 5.75 Å². The van der Waals surface area contributed by atoms with Gasteiger partial charge in [-0.15, -0.1) is 0 Å². The second-order valence-corrected chi connectivity index (χ2v) is 8.20. The number of anilines is 1. The van der Waals surface area contributed by atoms with Crippen molar-refractivity contribution in [3.63, 3.8) is 0 Å². The number of sulfone groups is 1. The molecule has 0 bridgehead atoms. The Bertz CT molecular complexity index is 651. The Balaban J connectivity index is 2.77. The molecule has 0 saturated carbocycles. The standard InChI is InChI=1S/C16H24N2O4S/c1-11(2)13-5-7-14(8-6-13)18-16(20)15(17-12(3)19)9-10-23(4,21)22/h5-8,11,15H,9-10H2,1-4H3,(H,17,19)(H,18,20)/t15-/m0/s1. The fraction of sp³-hybridized carbons (Fsp3) is 0.500. The van der Waals surface area contributed by atoms with Crippen LogP contribution in [0.2, 0.25) is 0 Å². The van der Waals surface area contributed by atoms with Crippen molar-refractivity contribution in [2.45, 2.75) is 39.2 Å². The Morgan fingerprint density at radius 1 is 1.13 bits per heavy atom. The summed E-state index contributed by atoms with van der Waals surface area (Å²) in [6.07, 6.45) is 1.13. The molecule has 0 aromatic heterocycles. The van der Waals surface area contributed by atoms with Crippen molar-refractivity contribution in [1.82, 2.24) is 5.32 Å². The SMILES string of the molecule is CC(=O)N[C@@H](CCS(C)(=O)=O)C(=O)Nc1ccc(C(C)C)cc1. The minimum Gasteiger partial charge on any atom is -0.345 e. The summed E-state index contributed by atoms with van der Waals surface area (Å²) in [5.74, 6) is -0.589. The molecule has 2 N–H and O–H groups in total. The number of amides is 2. The number of carbonyl (C=O) groups excluding carboxylic acids is 2. The van der Waals surface area contributed by atoms with E-state index >= 15 is 0 Å². The van der Waals surface area contributed by atoms with Crippen LogP contribution < -0.4 is 10.6 Å². The van der Waals surface area contributed by atoms with Crippen LogP contribution in [0.3, 0.4) is 0 Å². The molecule has 0 saturated heterocycles. The molecule has 0 aliphatic rings. The van der Waals surface area contributed by atoms with Gasteiger partial charge in [0.15, 0.2) is 0 Å². The Hall–Kier alpha value is -1.89. The van der Waals surface area contributed by atoms with Crippen LogP contribution in [0.5, 0.6) is 0 Å². The van der Waals surface area contributed by atoms with Crippen LogP contribution in [0.4, 0.5) is 5.69 Å². The van der Waals surface area contributed by atoms with E-state index in [-0.39, 0.29) is 18.1 Å². The van der Waals surface area contributed by atoms with Crippen LogP contribution in [0, 0.1) is 0 Å². The second-order valence-electron chi connectivity index (χ2n) is 5.94. The fourth-order valence-electron chi connectivity index (χ4n) is 2.03. The lowest BCUT2D eigenvalue weighted by molar-refractivity contribution is -0.125. The zero-order valence-corrected chi connectivity index (χ0v) is 14.7. The normalized spacial score (nSPS) is 12.7. The van der Waals surface area contributed by atoms with Gasteiger partial charge in [-0.3, -0.25) is 9.59 Å². The van der Waals surface area contributed by atoms with Gasteiger partial charge in [0.25, 0.3) is 0 Å². The van der Waals surface area contributed by atoms with Crippen molar-refractivity contribution >= 4 is 27.3 Å². The molecule has 1 rings (SSSR count). The smallest absolute Gasteiger partial charge is 0.246 e. The van der Waals surface area contributed by atoms with E-state index < -0.39 is 21.8 Å². The minimum absolute atomic E-state index is 0.0360. The van der Waals surface area contributed by atoms with Crippen molar-refractivity contribution in [3.05, 3.63) is 29.8 Å². The molecule has 0 aliphatic carbocycles. The highest BCUT2D eigenvalue weighted by molar-refractivity contribution is 7.90. The van der Waals surface area contributed by atoms with Gasteiger partial charge < -0.3 is 10.6 Å². The minimum atomic E-state index is -3.21. The van der Waals surface area contributed by atoms with Gasteiger partial charge in [-0.1, -0.05) is 26.0 Å². The van der Waals surface area contributed by atoms with E-state index in [2.05, 4.69) is 24.5 Å². The second kappa shape index (κ2) is 8.10. The van der Waals surface area contributed by atoms with Crippen LogP contribution in [-0.2, 0) is 19.4 Å². The number of carbonyl (C=O) groups is 2. The van der Waals surface area contributed by atoms with E-state index in [9.17, 15) is 18.0 Å². The summed E-state index contributed by atoms with van der Waals surface area (Å²) in [6, 6.07) is 6.53. The molecule has 6 nitrogen and oxygen atoms in total. The van der Waals surface area contributed by atoms with E-state index in [0.717, 1.165) is 11.8 Å². The molecule has 0 fully saturated rings. The van der Waals surface area contributed by atoms with Crippen molar-refractivity contribution in [2.24, 2.45) is 0 Å². The summed E-state index contributed by atoms with van der Waals surface area (Å²) in [6.45, 7) is 5.44. The summed E-state index contributed by atoms with van der Waals surface area (Å²) in [4.78, 5) is 23.5. The molecule has 0 radical (unpaired) electrons. The van der Waals surface area contributed by atoms with Crippen molar-refractivity contribution < 1.29 is 18.0 Å². The molecule has 23 heavy (non-hydrogen) atoms. The summed E-state index contributed by atoms with van der Waals surface area (Å²) in [5, 5.41) is 5.19. The Kier molecular flexibility index (Phi) is 6.75. The van der Waals surface area contributed by atoms with Gasteiger partial charge in [0.2, 0.25) is 11.8 Å². The lowest BCUT2D eigenvalue weighted by atomic mass is 10.0. The van der Waals surface area contributed by atoms with E-state index in [1.54, 1.807) is 12.1 Å². The van der Waals surface area contributed by atoms with Gasteiger partial charge in [0.1, 0.15) is 15.9 Å². The van der Waals surface area contributed by atoms with E-state index in [1.165, 1.54) is 6.92 Å². The molecule has 1 aromatic rings. The highest BCUT2D eigenvalue weighted by Gasteiger charge is 2.21. The number of nitrogens with one attached hydrogen (secondary N) is 2. The van der Waals surface area contributed by atoms with E-state index in [1.807, 2.05) is 12.1 Å². The van der Waals surface area contributed by atoms with Gasteiger partial charge in [-0.2, -0.15) is 0 Å². The predicted molar refractivity (Wildman–Crippen MR) is 91.1 cm³/mol. The first-order valence-corrected chi connectivity index (χ1v) is 9.50. The van der Waals surface area contributed by atoms with E-state index in [4.69, 9.17) is 0 Å². The van der Waals surface area contributed by atoms with Crippen LogP contribution in [-0.4, -0.2) is 38.3 Å². The third kappa shape index (κ3) is 7.27. The largest absolute Gasteiger partial charge is 0.345 e. The number of hydrogen-bond donors (Lipinski definition) is 2. The highest BCUT2D eigenvalue weighted by atomic mass is 32.2. The summed E-state index contributed by atoms with van der Waals surface area (Å²) < 4.78 is 22.5. The number of benzene rings is 1. The molecule has 7 heteroatoms. The molecule has 1 aromatic carbocycles. The van der Waals surface area contributed by atoms with E-state index in [0.29, 0.717) is 11.6 Å². The highest BCUT2D eigenvalue weighted by Crippen LogP contribution is 2.17. The Labute approximate surface area is 137 Å². The topological polar surface area (TPSA) is 92.3 Å². The molecular weight excluding hydrogens is 316 g/mol. The lowest BCUT2D eigenvalue weighted by Crippen LogP contribution is -2.43. The van der Waals surface area contributed by atoms with Crippen molar-refractivity contribution in [3.8, 4) is 0 Å². The van der Waals surface area contributed by atoms with Crippen LogP contribution in [0.1, 0.15) is 38.7 Å². The zero-order chi connectivity index (χ0) is 17.6. The summed E-state index contributed by atoms with van der Waals surface area (Å²) in [5.41, 5.74) is 1.76. The van der Waals surface area contributed by atoms with Crippen LogP contribution >= 0.6 is 0 Å². The average molecular weight is 340 g/mol. The number of rotatable bonds is 7. The molecule has 0 spiro atoms. The molecule has 128 valence electrons. The number of hydrogen-bond acceptors (Lipinski definition) is 4. The summed E-state index contributed by atoms with van der Waals surface area (Å²) in [7, 11) is -3.21. The Morgan fingerprint density at radius 2 is 1.70 bits per heavy atom. The quantitative estimate of drug-likeness (QED) is 0.790. The third-order valence-corrected chi connectivity index (χ3v) is 4.29. The van der Waals surface area contributed by atoms with Crippen LogP contribution in [0.25, 0.3) is 0 Å². The molecular formula is C16H24N2O4S. The molecule has 0 heterocycles. The van der Waals surface area contributed by atoms with Gasteiger partial charge in [-0.25, -0.2) is 8.42 Å². The van der Waals surface area contributed by atoms with Crippen molar-refractivity contribution in [2.75, 3.05) is 17.3 Å². The lowest BCUT2D eigenvalue weighted by Gasteiger charge is -2.17. The first-order chi connectivity index (χ1) is 10.6. The van der Waals surface area contributed by atoms with Gasteiger partial charge in [-0.05, 0) is 30.0 Å². The fourth-order valence-corrected chi connectivity index (χ4v) is 2.69. The average Bonchev–Trinajstić information content (AvgIpc) is 2.42. The molecule has 0 unspecified atom stereocenters. The monoisotopic (exact) mass is 340 g/mol. The molecule has 2 amide bonds. The van der Waals surface area contributed by atoms with Gasteiger partial charge >= 0.3 is 0 Å². The summed E-state index contributed by atoms with van der Waals surface area (Å²) >= 11 is 0. The zero-order valence-electron chi connectivity index (χ0n) is 13.9. The maximum absolute atomic E-state index is 12.3. The van der Waals surface area contributed by atoms with Crippen molar-refractivity contribution in [1.29, 1.82) is 0 Å². The first kappa shape index (κ1) is 19.2. The van der Waals surface area contributed by atoms with Gasteiger partial charge in [0, 0.05) is 18.9 Å². The predicted octanol–water partition coefficient (Wildman–Crippen LogP) is 1.69. The van der Waals surface area contributed by atoms with Crippen LogP contribution in [0.15, 0.2) is 24.3 Å². The third-order valence-electron chi connectivity index (χ3n) is 3.32. The Morgan fingerprint density at radius 3 is 2.13 bits per heavy atom. The molecule has 0 aliphatic heterocycles. The maximum atomic E-state index is 12.3. The first-order valence-electron chi connectivity index (χ1n) is 7.44. The molecule has 1 atom stereocenters.